The first-order chi connectivity index (χ1) is 7.45. The fraction of sp³-hybridized carbons (Fsp3) is 0.273. The molecule has 88 valence electrons. The van der Waals surface area contributed by atoms with E-state index >= 15 is 0 Å². The molecule has 0 saturated carbocycles. The zero-order valence-electron chi connectivity index (χ0n) is 8.96. The maximum Gasteiger partial charge on any atom is 0.299 e. The van der Waals surface area contributed by atoms with Gasteiger partial charge in [-0.05, 0) is 19.1 Å². The van der Waals surface area contributed by atoms with Crippen molar-refractivity contribution in [3.05, 3.63) is 42.5 Å². The van der Waals surface area contributed by atoms with Crippen molar-refractivity contribution in [1.82, 2.24) is 0 Å². The lowest BCUT2D eigenvalue weighted by Crippen LogP contribution is -2.17. The molecule has 4 nitrogen and oxygen atoms in total. The van der Waals surface area contributed by atoms with Gasteiger partial charge in [0, 0.05) is 6.42 Å². The third kappa shape index (κ3) is 3.44. The van der Waals surface area contributed by atoms with E-state index in [1.165, 1.54) is 18.2 Å². The molecule has 0 heterocycles. The number of aliphatic hydroxyl groups excluding tert-OH is 1. The second-order valence-corrected chi connectivity index (χ2v) is 4.91. The monoisotopic (exact) mass is 242 g/mol. The minimum absolute atomic E-state index is 0.0289. The van der Waals surface area contributed by atoms with Gasteiger partial charge in [0.2, 0.25) is 0 Å². The molecule has 0 aliphatic carbocycles. The summed E-state index contributed by atoms with van der Waals surface area (Å²) in [5, 5.41) is 9.23. The van der Waals surface area contributed by atoms with Crippen LogP contribution in [0.3, 0.4) is 0 Å². The highest BCUT2D eigenvalue weighted by Crippen LogP contribution is 2.15. The van der Waals surface area contributed by atoms with Crippen LogP contribution in [0, 0.1) is 6.92 Å². The van der Waals surface area contributed by atoms with Crippen molar-refractivity contribution >= 4 is 10.1 Å². The lowest BCUT2D eigenvalue weighted by molar-refractivity contribution is -0.00813. The van der Waals surface area contributed by atoms with Gasteiger partial charge in [0.05, 0.1) is 4.90 Å². The molecule has 0 radical (unpaired) electrons. The Hall–Kier alpha value is -1.17. The van der Waals surface area contributed by atoms with Crippen LogP contribution in [0.5, 0.6) is 0 Å². The Bertz CT molecular complexity index is 447. The van der Waals surface area contributed by atoms with Crippen molar-refractivity contribution in [2.75, 3.05) is 0 Å². The van der Waals surface area contributed by atoms with Crippen LogP contribution in [-0.2, 0) is 14.3 Å². The summed E-state index contributed by atoms with van der Waals surface area (Å²) in [4.78, 5) is 0.0289. The van der Waals surface area contributed by atoms with Crippen LogP contribution < -0.4 is 0 Å². The van der Waals surface area contributed by atoms with E-state index in [2.05, 4.69) is 10.8 Å². The molecule has 0 unspecified atom stereocenters. The van der Waals surface area contributed by atoms with Gasteiger partial charge < -0.3 is 5.11 Å². The maximum atomic E-state index is 11.6. The summed E-state index contributed by atoms with van der Waals surface area (Å²) in [6.07, 6.45) is 0.0595. The Balaban J connectivity index is 2.85. The molecule has 0 bridgehead atoms. The molecule has 0 aliphatic rings. The smallest absolute Gasteiger partial charge is 0.299 e. The Kier molecular flexibility index (Phi) is 4.23. The largest absolute Gasteiger partial charge is 0.367 e. The molecule has 1 aromatic carbocycles. The summed E-state index contributed by atoms with van der Waals surface area (Å²) >= 11 is 0. The Morgan fingerprint density at radius 2 is 2.00 bits per heavy atom. The van der Waals surface area contributed by atoms with Gasteiger partial charge in [-0.25, -0.2) is 4.18 Å². The molecule has 1 N–H and O–H groups in total. The third-order valence-corrected chi connectivity index (χ3v) is 3.24. The van der Waals surface area contributed by atoms with Gasteiger partial charge in [-0.2, -0.15) is 8.42 Å². The van der Waals surface area contributed by atoms with E-state index in [9.17, 15) is 13.5 Å². The summed E-state index contributed by atoms with van der Waals surface area (Å²) in [5.41, 5.74) is 0.950. The Morgan fingerprint density at radius 1 is 1.44 bits per heavy atom. The van der Waals surface area contributed by atoms with Crippen molar-refractivity contribution in [1.29, 1.82) is 0 Å². The first-order valence-electron chi connectivity index (χ1n) is 4.74. The maximum absolute atomic E-state index is 11.6. The van der Waals surface area contributed by atoms with E-state index in [1.807, 2.05) is 6.92 Å². The second-order valence-electron chi connectivity index (χ2n) is 3.34. The van der Waals surface area contributed by atoms with Crippen LogP contribution in [0.25, 0.3) is 0 Å². The molecule has 0 aliphatic heterocycles. The van der Waals surface area contributed by atoms with Crippen LogP contribution in [0.15, 0.2) is 41.8 Å². The quantitative estimate of drug-likeness (QED) is 0.484. The zero-order valence-corrected chi connectivity index (χ0v) is 9.78. The van der Waals surface area contributed by atoms with Crippen LogP contribution in [-0.4, -0.2) is 19.8 Å². The van der Waals surface area contributed by atoms with Gasteiger partial charge in [0.1, 0.15) is 0 Å². The van der Waals surface area contributed by atoms with Crippen molar-refractivity contribution in [2.45, 2.75) is 24.5 Å². The Labute approximate surface area is 95.3 Å². The summed E-state index contributed by atoms with van der Waals surface area (Å²) in [6.45, 7) is 5.23. The van der Waals surface area contributed by atoms with E-state index in [1.54, 1.807) is 12.1 Å². The second kappa shape index (κ2) is 5.25. The summed E-state index contributed by atoms with van der Waals surface area (Å²) < 4.78 is 27.8. The van der Waals surface area contributed by atoms with Gasteiger partial charge in [0.25, 0.3) is 10.1 Å². The summed E-state index contributed by atoms with van der Waals surface area (Å²) in [6, 6.07) is 6.20. The van der Waals surface area contributed by atoms with E-state index in [0.717, 1.165) is 5.56 Å². The minimum atomic E-state index is -3.90. The van der Waals surface area contributed by atoms with E-state index in [0.29, 0.717) is 0 Å². The van der Waals surface area contributed by atoms with Gasteiger partial charge in [-0.1, -0.05) is 23.8 Å². The molecular formula is C11H14O4S. The van der Waals surface area contributed by atoms with Gasteiger partial charge in [-0.3, -0.25) is 0 Å². The van der Waals surface area contributed by atoms with E-state index in [4.69, 9.17) is 0 Å². The highest BCUT2D eigenvalue weighted by molar-refractivity contribution is 7.86. The predicted octanol–water partition coefficient (Wildman–Crippen LogP) is 1.59. The number of hydrogen-bond acceptors (Lipinski definition) is 4. The molecule has 1 atom stereocenters. The lowest BCUT2D eigenvalue weighted by Gasteiger charge is -2.10. The molecule has 0 spiro atoms. The summed E-state index contributed by atoms with van der Waals surface area (Å²) in [7, 11) is -3.90. The average molecular weight is 242 g/mol. The van der Waals surface area contributed by atoms with Crippen molar-refractivity contribution < 1.29 is 17.7 Å². The molecule has 0 amide bonds. The average Bonchev–Trinajstić information content (AvgIpc) is 2.17. The highest BCUT2D eigenvalue weighted by Gasteiger charge is 2.18. The standard InChI is InChI=1S/C11H14O4S/c1-3-4-11(12)15-16(13,14)10-7-5-9(2)6-8-10/h3,5-8,11-12H,1,4H2,2H3/t11-/m0/s1. The molecule has 1 aromatic rings. The molecule has 0 saturated heterocycles. The molecule has 1 rings (SSSR count). The van der Waals surface area contributed by atoms with Gasteiger partial charge >= 0.3 is 0 Å². The van der Waals surface area contributed by atoms with E-state index in [-0.39, 0.29) is 11.3 Å². The van der Waals surface area contributed by atoms with Crippen LogP contribution in [0.4, 0.5) is 0 Å². The van der Waals surface area contributed by atoms with Crippen LogP contribution >= 0.6 is 0 Å². The van der Waals surface area contributed by atoms with Crippen LogP contribution in [0.2, 0.25) is 0 Å². The SMILES string of the molecule is C=CC[C@@H](O)OS(=O)(=O)c1ccc(C)cc1. The highest BCUT2D eigenvalue weighted by atomic mass is 32.2. The van der Waals surface area contributed by atoms with Crippen LogP contribution in [0.1, 0.15) is 12.0 Å². The molecule has 16 heavy (non-hydrogen) atoms. The topological polar surface area (TPSA) is 63.6 Å². The van der Waals surface area contributed by atoms with Crippen molar-refractivity contribution in [2.24, 2.45) is 0 Å². The van der Waals surface area contributed by atoms with Crippen molar-refractivity contribution in [3.63, 3.8) is 0 Å². The third-order valence-electron chi connectivity index (χ3n) is 1.92. The predicted molar refractivity (Wildman–Crippen MR) is 60.3 cm³/mol. The first-order valence-corrected chi connectivity index (χ1v) is 6.15. The number of benzene rings is 1. The summed E-state index contributed by atoms with van der Waals surface area (Å²) in [5.74, 6) is 0. The molecule has 0 aromatic heterocycles. The van der Waals surface area contributed by atoms with E-state index < -0.39 is 16.4 Å². The molecular weight excluding hydrogens is 228 g/mol. The number of rotatable bonds is 5. The van der Waals surface area contributed by atoms with Gasteiger partial charge in [0.15, 0.2) is 6.29 Å². The minimum Gasteiger partial charge on any atom is -0.367 e. The fourth-order valence-electron chi connectivity index (χ4n) is 1.09. The van der Waals surface area contributed by atoms with Gasteiger partial charge in [-0.15, -0.1) is 6.58 Å². The number of aryl methyl sites for hydroxylation is 1. The fourth-order valence-corrected chi connectivity index (χ4v) is 2.04. The van der Waals surface area contributed by atoms with Crippen molar-refractivity contribution in [3.8, 4) is 0 Å². The number of hydrogen-bond donors (Lipinski definition) is 1. The lowest BCUT2D eigenvalue weighted by atomic mass is 10.2. The number of aliphatic hydroxyl groups is 1. The Morgan fingerprint density at radius 3 is 2.50 bits per heavy atom. The normalized spacial score (nSPS) is 13.4. The molecule has 0 fully saturated rings. The zero-order chi connectivity index (χ0) is 12.2. The first kappa shape index (κ1) is 12.9. The molecule has 5 heteroatoms.